The monoisotopic (exact) mass is 283 g/mol. The molecule has 0 spiro atoms. The van der Waals surface area contributed by atoms with Crippen LogP contribution in [0.1, 0.15) is 11.3 Å². The highest BCUT2D eigenvalue weighted by Crippen LogP contribution is 2.26. The number of nitrogens with zero attached hydrogens (tertiary/aromatic N) is 2. The maximum Gasteiger partial charge on any atom is 0.0934 e. The van der Waals surface area contributed by atoms with Gasteiger partial charge in [-0.2, -0.15) is 0 Å². The highest BCUT2D eigenvalue weighted by atomic mass is 35.5. The smallest absolute Gasteiger partial charge is 0.0934 e. The van der Waals surface area contributed by atoms with Crippen molar-refractivity contribution in [3.8, 4) is 0 Å². The van der Waals surface area contributed by atoms with Crippen molar-refractivity contribution in [2.24, 2.45) is 0 Å². The zero-order valence-corrected chi connectivity index (χ0v) is 11.9. The molecule has 0 atom stereocenters. The molecule has 0 bridgehead atoms. The molecule has 100 valence electrons. The Hall–Kier alpha value is -2.13. The van der Waals surface area contributed by atoms with Gasteiger partial charge in [-0.15, -0.1) is 0 Å². The molecule has 0 unspecified atom stereocenters. The standard InChI is InChI=1S/C16H14ClN3/c1-11-4-5-12(9-19-11)10-20-15-8-14(17)7-13-3-2-6-18-16(13)15/h2-9,20H,10H2,1H3. The van der Waals surface area contributed by atoms with E-state index >= 15 is 0 Å². The Balaban J connectivity index is 1.88. The van der Waals surface area contributed by atoms with Crippen LogP contribution >= 0.6 is 11.6 Å². The third-order valence-corrected chi connectivity index (χ3v) is 3.34. The van der Waals surface area contributed by atoms with Gasteiger partial charge in [0, 0.05) is 35.0 Å². The molecule has 0 amide bonds. The summed E-state index contributed by atoms with van der Waals surface area (Å²) in [4.78, 5) is 8.70. The third-order valence-electron chi connectivity index (χ3n) is 3.13. The van der Waals surface area contributed by atoms with Gasteiger partial charge in [-0.1, -0.05) is 23.7 Å². The maximum atomic E-state index is 6.15. The van der Waals surface area contributed by atoms with Gasteiger partial charge in [-0.05, 0) is 36.8 Å². The number of pyridine rings is 2. The van der Waals surface area contributed by atoms with Crippen LogP contribution in [0.4, 0.5) is 5.69 Å². The lowest BCUT2D eigenvalue weighted by Gasteiger charge is -2.10. The van der Waals surface area contributed by atoms with E-state index in [1.165, 1.54) is 0 Å². The van der Waals surface area contributed by atoms with Gasteiger partial charge in [0.15, 0.2) is 0 Å². The summed E-state index contributed by atoms with van der Waals surface area (Å²) in [5.74, 6) is 0. The van der Waals surface area contributed by atoms with Crippen molar-refractivity contribution in [1.82, 2.24) is 9.97 Å². The minimum Gasteiger partial charge on any atom is -0.379 e. The van der Waals surface area contributed by atoms with E-state index in [4.69, 9.17) is 11.6 Å². The summed E-state index contributed by atoms with van der Waals surface area (Å²) in [5, 5.41) is 5.11. The Bertz CT molecular complexity index is 738. The molecule has 0 aliphatic heterocycles. The van der Waals surface area contributed by atoms with Crippen LogP contribution in [0.2, 0.25) is 5.02 Å². The lowest BCUT2D eigenvalue weighted by atomic mass is 10.2. The molecule has 3 rings (SSSR count). The summed E-state index contributed by atoms with van der Waals surface area (Å²) in [6.45, 7) is 2.67. The Morgan fingerprint density at radius 2 is 2.05 bits per heavy atom. The minimum absolute atomic E-state index is 0.694. The summed E-state index contributed by atoms with van der Waals surface area (Å²) in [6, 6.07) is 11.8. The molecular weight excluding hydrogens is 270 g/mol. The molecule has 1 aromatic carbocycles. The van der Waals surface area contributed by atoms with Crippen molar-refractivity contribution in [3.05, 3.63) is 65.1 Å². The van der Waals surface area contributed by atoms with Crippen molar-refractivity contribution in [2.75, 3.05) is 5.32 Å². The van der Waals surface area contributed by atoms with Crippen LogP contribution in [0.3, 0.4) is 0 Å². The topological polar surface area (TPSA) is 37.8 Å². The van der Waals surface area contributed by atoms with Gasteiger partial charge in [0.05, 0.1) is 11.2 Å². The van der Waals surface area contributed by atoms with E-state index in [1.807, 2.05) is 43.5 Å². The first-order valence-electron chi connectivity index (χ1n) is 6.42. The molecule has 4 heteroatoms. The van der Waals surface area contributed by atoms with Gasteiger partial charge >= 0.3 is 0 Å². The predicted octanol–water partition coefficient (Wildman–Crippen LogP) is 4.20. The molecule has 2 heterocycles. The number of nitrogens with one attached hydrogen (secondary N) is 1. The Morgan fingerprint density at radius 1 is 1.15 bits per heavy atom. The van der Waals surface area contributed by atoms with Crippen LogP contribution in [-0.2, 0) is 6.54 Å². The zero-order chi connectivity index (χ0) is 13.9. The Labute approximate surface area is 122 Å². The van der Waals surface area contributed by atoms with E-state index in [1.54, 1.807) is 6.20 Å². The highest BCUT2D eigenvalue weighted by Gasteiger charge is 2.04. The van der Waals surface area contributed by atoms with Gasteiger partial charge in [0.25, 0.3) is 0 Å². The second-order valence-corrected chi connectivity index (χ2v) is 5.13. The number of aryl methyl sites for hydroxylation is 1. The molecule has 0 saturated heterocycles. The SMILES string of the molecule is Cc1ccc(CNc2cc(Cl)cc3cccnc23)cn1. The first kappa shape index (κ1) is 12.9. The van der Waals surface area contributed by atoms with Crippen LogP contribution < -0.4 is 5.32 Å². The summed E-state index contributed by atoms with van der Waals surface area (Å²) < 4.78 is 0. The summed E-state index contributed by atoms with van der Waals surface area (Å²) in [7, 11) is 0. The van der Waals surface area contributed by atoms with Gasteiger partial charge in [0.2, 0.25) is 0 Å². The lowest BCUT2D eigenvalue weighted by molar-refractivity contribution is 1.09. The second-order valence-electron chi connectivity index (χ2n) is 4.69. The number of rotatable bonds is 3. The zero-order valence-electron chi connectivity index (χ0n) is 11.1. The number of benzene rings is 1. The highest BCUT2D eigenvalue weighted by molar-refractivity contribution is 6.31. The van der Waals surface area contributed by atoms with Crippen molar-refractivity contribution in [1.29, 1.82) is 0 Å². The largest absolute Gasteiger partial charge is 0.379 e. The van der Waals surface area contributed by atoms with E-state index in [2.05, 4.69) is 21.4 Å². The van der Waals surface area contributed by atoms with Gasteiger partial charge in [0.1, 0.15) is 0 Å². The minimum atomic E-state index is 0.694. The van der Waals surface area contributed by atoms with Crippen LogP contribution in [-0.4, -0.2) is 9.97 Å². The van der Waals surface area contributed by atoms with Crippen LogP contribution in [0.25, 0.3) is 10.9 Å². The number of halogens is 1. The molecule has 0 radical (unpaired) electrons. The molecule has 0 saturated carbocycles. The third kappa shape index (κ3) is 2.73. The number of aromatic nitrogens is 2. The van der Waals surface area contributed by atoms with E-state index < -0.39 is 0 Å². The van der Waals surface area contributed by atoms with Crippen molar-refractivity contribution in [3.63, 3.8) is 0 Å². The van der Waals surface area contributed by atoms with Gasteiger partial charge in [-0.3, -0.25) is 9.97 Å². The molecule has 3 nitrogen and oxygen atoms in total. The number of hydrogen-bond donors (Lipinski definition) is 1. The fourth-order valence-electron chi connectivity index (χ4n) is 2.09. The molecular formula is C16H14ClN3. The average molecular weight is 284 g/mol. The molecule has 0 aliphatic rings. The first-order valence-corrected chi connectivity index (χ1v) is 6.80. The average Bonchev–Trinajstić information content (AvgIpc) is 2.46. The van der Waals surface area contributed by atoms with E-state index in [9.17, 15) is 0 Å². The summed E-state index contributed by atoms with van der Waals surface area (Å²) in [6.07, 6.45) is 3.66. The maximum absolute atomic E-state index is 6.15. The van der Waals surface area contributed by atoms with E-state index in [0.717, 1.165) is 27.8 Å². The molecule has 1 N–H and O–H groups in total. The number of hydrogen-bond acceptors (Lipinski definition) is 3. The number of fused-ring (bicyclic) bond motifs is 1. The summed E-state index contributed by atoms with van der Waals surface area (Å²) in [5.41, 5.74) is 4.01. The molecule has 0 fully saturated rings. The molecule has 3 aromatic rings. The van der Waals surface area contributed by atoms with Crippen molar-refractivity contribution in [2.45, 2.75) is 13.5 Å². The molecule has 20 heavy (non-hydrogen) atoms. The lowest BCUT2D eigenvalue weighted by Crippen LogP contribution is -2.01. The van der Waals surface area contributed by atoms with Gasteiger partial charge < -0.3 is 5.32 Å². The van der Waals surface area contributed by atoms with Crippen molar-refractivity contribution < 1.29 is 0 Å². The van der Waals surface area contributed by atoms with Crippen LogP contribution in [0.5, 0.6) is 0 Å². The quantitative estimate of drug-likeness (QED) is 0.783. The first-order chi connectivity index (χ1) is 9.72. The van der Waals surface area contributed by atoms with Crippen LogP contribution in [0, 0.1) is 6.92 Å². The van der Waals surface area contributed by atoms with Crippen LogP contribution in [0.15, 0.2) is 48.8 Å². The Morgan fingerprint density at radius 3 is 2.85 bits per heavy atom. The summed E-state index contributed by atoms with van der Waals surface area (Å²) >= 11 is 6.15. The van der Waals surface area contributed by atoms with E-state index in [-0.39, 0.29) is 0 Å². The Kier molecular flexibility index (Phi) is 3.52. The van der Waals surface area contributed by atoms with E-state index in [0.29, 0.717) is 11.6 Å². The number of anilines is 1. The second kappa shape index (κ2) is 5.47. The fraction of sp³-hybridized carbons (Fsp3) is 0.125. The van der Waals surface area contributed by atoms with Gasteiger partial charge in [-0.25, -0.2) is 0 Å². The molecule has 0 aliphatic carbocycles. The normalized spacial score (nSPS) is 10.7. The van der Waals surface area contributed by atoms with Crippen molar-refractivity contribution >= 4 is 28.2 Å². The predicted molar refractivity (Wildman–Crippen MR) is 83.1 cm³/mol. The molecule has 2 aromatic heterocycles. The fourth-order valence-corrected chi connectivity index (χ4v) is 2.32.